The Balaban J connectivity index is 2.71. The molecule has 0 radical (unpaired) electrons. The van der Waals surface area contributed by atoms with Gasteiger partial charge in [-0.1, -0.05) is 0 Å². The summed E-state index contributed by atoms with van der Waals surface area (Å²) < 4.78 is 5.22. The van der Waals surface area contributed by atoms with Crippen LogP contribution in [0.15, 0.2) is 22.8 Å². The molecule has 1 heterocycles. The summed E-state index contributed by atoms with van der Waals surface area (Å²) in [5.74, 6) is 1.48. The van der Waals surface area contributed by atoms with Gasteiger partial charge in [0.2, 0.25) is 0 Å². The van der Waals surface area contributed by atoms with Crippen molar-refractivity contribution in [2.45, 2.75) is 6.04 Å². The van der Waals surface area contributed by atoms with E-state index in [-0.39, 0.29) is 6.04 Å². The second-order valence-electron chi connectivity index (χ2n) is 2.65. The first kappa shape index (κ1) is 8.62. The lowest BCUT2D eigenvalue weighted by atomic mass is 10.2. The highest BCUT2D eigenvalue weighted by Crippen LogP contribution is 2.19. The maximum absolute atomic E-state index is 5.75. The van der Waals surface area contributed by atoms with Crippen LogP contribution >= 0.6 is 11.6 Å². The fourth-order valence-electron chi connectivity index (χ4n) is 0.949. The molecule has 0 spiro atoms. The van der Waals surface area contributed by atoms with Gasteiger partial charge in [0.05, 0.1) is 12.3 Å². The molecule has 0 aliphatic heterocycles. The molecule has 0 amide bonds. The van der Waals surface area contributed by atoms with Gasteiger partial charge in [-0.05, 0) is 26.2 Å². The third-order valence-corrected chi connectivity index (χ3v) is 1.93. The van der Waals surface area contributed by atoms with Crippen molar-refractivity contribution in [2.75, 3.05) is 20.0 Å². The molecule has 0 aliphatic carbocycles. The molecule has 11 heavy (non-hydrogen) atoms. The van der Waals surface area contributed by atoms with Crippen LogP contribution < -0.4 is 0 Å². The van der Waals surface area contributed by atoms with Crippen molar-refractivity contribution >= 4 is 11.6 Å². The smallest absolute Gasteiger partial charge is 0.122 e. The standard InChI is InChI=1S/C8H12ClNO/c1-10(2)7(6-9)8-4-3-5-11-8/h3-5,7H,6H2,1-2H3. The maximum Gasteiger partial charge on any atom is 0.122 e. The minimum absolute atomic E-state index is 0.187. The highest BCUT2D eigenvalue weighted by atomic mass is 35.5. The topological polar surface area (TPSA) is 16.4 Å². The first-order chi connectivity index (χ1) is 5.25. The van der Waals surface area contributed by atoms with Crippen LogP contribution in [0.4, 0.5) is 0 Å². The number of furan rings is 1. The Morgan fingerprint density at radius 1 is 1.64 bits per heavy atom. The van der Waals surface area contributed by atoms with Crippen molar-refractivity contribution in [2.24, 2.45) is 0 Å². The molecule has 1 rings (SSSR count). The predicted molar refractivity (Wildman–Crippen MR) is 45.9 cm³/mol. The van der Waals surface area contributed by atoms with Crippen molar-refractivity contribution in [3.8, 4) is 0 Å². The van der Waals surface area contributed by atoms with Gasteiger partial charge in [-0.2, -0.15) is 0 Å². The van der Waals surface area contributed by atoms with Crippen molar-refractivity contribution in [1.82, 2.24) is 4.90 Å². The normalized spacial score (nSPS) is 13.8. The molecule has 1 unspecified atom stereocenters. The molecule has 2 nitrogen and oxygen atoms in total. The molecule has 0 aliphatic rings. The number of hydrogen-bond acceptors (Lipinski definition) is 2. The largest absolute Gasteiger partial charge is 0.468 e. The number of halogens is 1. The zero-order chi connectivity index (χ0) is 8.27. The second-order valence-corrected chi connectivity index (χ2v) is 2.96. The molecule has 3 heteroatoms. The van der Waals surface area contributed by atoms with Crippen LogP contribution in [0, 0.1) is 0 Å². The van der Waals surface area contributed by atoms with E-state index in [4.69, 9.17) is 16.0 Å². The Kier molecular flexibility index (Phi) is 2.97. The lowest BCUT2D eigenvalue weighted by Gasteiger charge is -2.18. The summed E-state index contributed by atoms with van der Waals surface area (Å²) >= 11 is 5.75. The third-order valence-electron chi connectivity index (χ3n) is 1.64. The minimum atomic E-state index is 0.187. The van der Waals surface area contributed by atoms with Crippen molar-refractivity contribution in [3.05, 3.63) is 24.2 Å². The number of alkyl halides is 1. The summed E-state index contributed by atoms with van der Waals surface area (Å²) in [4.78, 5) is 2.03. The monoisotopic (exact) mass is 173 g/mol. The molecule has 0 N–H and O–H groups in total. The quantitative estimate of drug-likeness (QED) is 0.652. The molecule has 0 bridgehead atoms. The first-order valence-corrected chi connectivity index (χ1v) is 4.05. The van der Waals surface area contributed by atoms with Gasteiger partial charge < -0.3 is 4.42 Å². The van der Waals surface area contributed by atoms with E-state index in [1.54, 1.807) is 6.26 Å². The van der Waals surface area contributed by atoms with Gasteiger partial charge >= 0.3 is 0 Å². The maximum atomic E-state index is 5.75. The Morgan fingerprint density at radius 2 is 2.36 bits per heavy atom. The number of hydrogen-bond donors (Lipinski definition) is 0. The van der Waals surface area contributed by atoms with E-state index >= 15 is 0 Å². The highest BCUT2D eigenvalue weighted by Gasteiger charge is 2.14. The lowest BCUT2D eigenvalue weighted by molar-refractivity contribution is 0.280. The molecule has 0 saturated carbocycles. The SMILES string of the molecule is CN(C)C(CCl)c1ccco1. The van der Waals surface area contributed by atoms with Gasteiger partial charge in [0.1, 0.15) is 5.76 Å². The summed E-state index contributed by atoms with van der Waals surface area (Å²) in [7, 11) is 3.96. The fourth-order valence-corrected chi connectivity index (χ4v) is 1.38. The zero-order valence-corrected chi connectivity index (χ0v) is 7.51. The minimum Gasteiger partial charge on any atom is -0.468 e. The van der Waals surface area contributed by atoms with Crippen LogP contribution in [-0.2, 0) is 0 Å². The Labute approximate surface area is 71.7 Å². The molecule has 0 aromatic carbocycles. The van der Waals surface area contributed by atoms with Gasteiger partial charge in [-0.25, -0.2) is 0 Å². The second kappa shape index (κ2) is 3.79. The van der Waals surface area contributed by atoms with E-state index in [0.717, 1.165) is 5.76 Å². The zero-order valence-electron chi connectivity index (χ0n) is 6.75. The summed E-state index contributed by atoms with van der Waals surface area (Å²) in [5.41, 5.74) is 0. The molecular formula is C8H12ClNO. The van der Waals surface area contributed by atoms with Crippen LogP contribution in [-0.4, -0.2) is 24.9 Å². The molecule has 1 aromatic rings. The molecule has 1 aromatic heterocycles. The van der Waals surface area contributed by atoms with Gasteiger partial charge in [-0.3, -0.25) is 4.90 Å². The van der Waals surface area contributed by atoms with Crippen LogP contribution in [0.2, 0.25) is 0 Å². The number of rotatable bonds is 3. The van der Waals surface area contributed by atoms with Gasteiger partial charge in [0, 0.05) is 5.88 Å². The number of nitrogens with zero attached hydrogens (tertiary/aromatic N) is 1. The van der Waals surface area contributed by atoms with Gasteiger partial charge in [0.25, 0.3) is 0 Å². The van der Waals surface area contributed by atoms with Crippen molar-refractivity contribution in [3.63, 3.8) is 0 Å². The van der Waals surface area contributed by atoms with E-state index in [0.29, 0.717) is 5.88 Å². The van der Waals surface area contributed by atoms with Gasteiger partial charge in [-0.15, -0.1) is 11.6 Å². The first-order valence-electron chi connectivity index (χ1n) is 3.51. The average Bonchev–Trinajstić information content (AvgIpc) is 2.40. The van der Waals surface area contributed by atoms with Crippen LogP contribution in [0.5, 0.6) is 0 Å². The van der Waals surface area contributed by atoms with Crippen LogP contribution in [0.1, 0.15) is 11.8 Å². The van der Waals surface area contributed by atoms with E-state index in [1.165, 1.54) is 0 Å². The predicted octanol–water partition coefficient (Wildman–Crippen LogP) is 2.12. The molecule has 0 fully saturated rings. The summed E-state index contributed by atoms with van der Waals surface area (Å²) in [6.45, 7) is 0. The highest BCUT2D eigenvalue weighted by molar-refractivity contribution is 6.18. The van der Waals surface area contributed by atoms with Crippen molar-refractivity contribution < 1.29 is 4.42 Å². The fraction of sp³-hybridized carbons (Fsp3) is 0.500. The summed E-state index contributed by atoms with van der Waals surface area (Å²) in [5, 5.41) is 0. The lowest BCUT2D eigenvalue weighted by Crippen LogP contribution is -2.20. The Morgan fingerprint density at radius 3 is 2.73 bits per heavy atom. The molecular weight excluding hydrogens is 162 g/mol. The Bertz CT molecular complexity index is 196. The molecule has 62 valence electrons. The summed E-state index contributed by atoms with van der Waals surface area (Å²) in [6.07, 6.45) is 1.67. The summed E-state index contributed by atoms with van der Waals surface area (Å²) in [6, 6.07) is 4.00. The van der Waals surface area contributed by atoms with Crippen LogP contribution in [0.3, 0.4) is 0 Å². The third kappa shape index (κ3) is 1.98. The average molecular weight is 174 g/mol. The molecule has 0 saturated heterocycles. The van der Waals surface area contributed by atoms with E-state index < -0.39 is 0 Å². The van der Waals surface area contributed by atoms with Crippen molar-refractivity contribution in [1.29, 1.82) is 0 Å². The van der Waals surface area contributed by atoms with Gasteiger partial charge in [0.15, 0.2) is 0 Å². The Hall–Kier alpha value is -0.470. The van der Waals surface area contributed by atoms with E-state index in [9.17, 15) is 0 Å². The molecule has 1 atom stereocenters. The van der Waals surface area contributed by atoms with E-state index in [2.05, 4.69) is 0 Å². The van der Waals surface area contributed by atoms with E-state index in [1.807, 2.05) is 31.1 Å². The van der Waals surface area contributed by atoms with Crippen LogP contribution in [0.25, 0.3) is 0 Å².